The first-order chi connectivity index (χ1) is 13.1. The maximum Gasteiger partial charge on any atom is 0.269 e. The summed E-state index contributed by atoms with van der Waals surface area (Å²) < 4.78 is 1.80. The number of amides is 1. The molecule has 0 spiro atoms. The molecular weight excluding hydrogens is 338 g/mol. The van der Waals surface area contributed by atoms with E-state index in [-0.39, 0.29) is 11.9 Å². The van der Waals surface area contributed by atoms with Gasteiger partial charge in [-0.2, -0.15) is 5.10 Å². The highest BCUT2D eigenvalue weighted by Crippen LogP contribution is 2.24. The molecule has 1 amide bonds. The molecule has 1 N–H and O–H groups in total. The number of hydrogen-bond donors (Lipinski definition) is 1. The fraction of sp³-hybridized carbons (Fsp3) is 0.571. The van der Waals surface area contributed by atoms with Gasteiger partial charge in [0.25, 0.3) is 5.91 Å². The van der Waals surface area contributed by atoms with Crippen LogP contribution in [0.15, 0.2) is 30.6 Å². The molecule has 0 aromatic carbocycles. The number of hydrogen-bond acceptors (Lipinski definition) is 4. The third-order valence-corrected chi connectivity index (χ3v) is 5.28. The van der Waals surface area contributed by atoms with Crippen LogP contribution in [0.3, 0.4) is 0 Å². The lowest BCUT2D eigenvalue weighted by molar-refractivity contribution is 0.0914. The van der Waals surface area contributed by atoms with Crippen molar-refractivity contribution in [2.24, 2.45) is 0 Å². The van der Waals surface area contributed by atoms with Crippen LogP contribution in [-0.4, -0.2) is 45.2 Å². The molecule has 1 aliphatic rings. The molecule has 3 rings (SSSR count). The van der Waals surface area contributed by atoms with Gasteiger partial charge in [0.05, 0.1) is 11.7 Å². The van der Waals surface area contributed by atoms with Gasteiger partial charge in [-0.25, -0.2) is 0 Å². The van der Waals surface area contributed by atoms with E-state index < -0.39 is 0 Å². The molecule has 1 saturated heterocycles. The Kier molecular flexibility index (Phi) is 6.61. The van der Waals surface area contributed by atoms with E-state index in [2.05, 4.69) is 40.2 Å². The number of nitrogens with zero attached hydrogens (tertiary/aromatic N) is 4. The molecule has 0 saturated carbocycles. The lowest BCUT2D eigenvalue weighted by atomic mass is 10.0. The fourth-order valence-electron chi connectivity index (χ4n) is 3.68. The van der Waals surface area contributed by atoms with Crippen LogP contribution in [0.4, 0.5) is 0 Å². The van der Waals surface area contributed by atoms with Crippen molar-refractivity contribution in [2.75, 3.05) is 19.6 Å². The van der Waals surface area contributed by atoms with Crippen LogP contribution in [0.2, 0.25) is 0 Å². The van der Waals surface area contributed by atoms with Crippen molar-refractivity contribution in [3.8, 4) is 0 Å². The van der Waals surface area contributed by atoms with E-state index in [1.54, 1.807) is 10.9 Å². The molecule has 1 atom stereocenters. The molecular formula is C21H31N5O. The molecule has 0 bridgehead atoms. The Morgan fingerprint density at radius 2 is 2.04 bits per heavy atom. The third kappa shape index (κ3) is 4.75. The van der Waals surface area contributed by atoms with Crippen LogP contribution in [0.25, 0.3) is 0 Å². The van der Waals surface area contributed by atoms with Gasteiger partial charge in [0.2, 0.25) is 0 Å². The van der Waals surface area contributed by atoms with Crippen molar-refractivity contribution >= 4 is 5.91 Å². The molecule has 1 fully saturated rings. The summed E-state index contributed by atoms with van der Waals surface area (Å²) in [5, 5.41) is 7.71. The highest BCUT2D eigenvalue weighted by Gasteiger charge is 2.24. The summed E-state index contributed by atoms with van der Waals surface area (Å²) in [6, 6.07) is 6.15. The monoisotopic (exact) mass is 369 g/mol. The van der Waals surface area contributed by atoms with Crippen LogP contribution < -0.4 is 5.32 Å². The average molecular weight is 370 g/mol. The number of carbonyl (C=O) groups is 1. The maximum atomic E-state index is 12.9. The molecule has 1 aliphatic heterocycles. The van der Waals surface area contributed by atoms with Crippen LogP contribution in [0, 0.1) is 0 Å². The van der Waals surface area contributed by atoms with Crippen molar-refractivity contribution in [3.05, 3.63) is 47.5 Å². The Hall–Kier alpha value is -2.21. The summed E-state index contributed by atoms with van der Waals surface area (Å²) in [7, 11) is 0. The average Bonchev–Trinajstić information content (AvgIpc) is 3.15. The van der Waals surface area contributed by atoms with Gasteiger partial charge in [0.1, 0.15) is 5.69 Å². The summed E-state index contributed by atoms with van der Waals surface area (Å²) >= 11 is 0. The summed E-state index contributed by atoms with van der Waals surface area (Å²) in [5.74, 6) is 0.253. The second kappa shape index (κ2) is 9.13. The highest BCUT2D eigenvalue weighted by atomic mass is 16.2. The zero-order valence-corrected chi connectivity index (χ0v) is 16.7. The second-order valence-corrected chi connectivity index (χ2v) is 7.53. The van der Waals surface area contributed by atoms with E-state index in [0.29, 0.717) is 24.7 Å². The zero-order chi connectivity index (χ0) is 19.2. The van der Waals surface area contributed by atoms with Gasteiger partial charge in [0, 0.05) is 25.5 Å². The van der Waals surface area contributed by atoms with E-state index in [0.717, 1.165) is 24.3 Å². The summed E-state index contributed by atoms with van der Waals surface area (Å²) in [6.45, 7) is 9.61. The molecule has 146 valence electrons. The van der Waals surface area contributed by atoms with Gasteiger partial charge < -0.3 is 5.32 Å². The number of piperidine rings is 1. The number of rotatable bonds is 7. The van der Waals surface area contributed by atoms with Gasteiger partial charge in [0.15, 0.2) is 0 Å². The predicted molar refractivity (Wildman–Crippen MR) is 107 cm³/mol. The number of nitrogens with one attached hydrogen (secondary N) is 1. The first kappa shape index (κ1) is 19.5. The lowest BCUT2D eigenvalue weighted by Crippen LogP contribution is -2.41. The Morgan fingerprint density at radius 3 is 2.67 bits per heavy atom. The van der Waals surface area contributed by atoms with E-state index >= 15 is 0 Å². The maximum absolute atomic E-state index is 12.9. The zero-order valence-electron chi connectivity index (χ0n) is 16.7. The molecule has 2 aromatic rings. The minimum Gasteiger partial charge on any atom is -0.349 e. The van der Waals surface area contributed by atoms with Crippen molar-refractivity contribution in [1.29, 1.82) is 0 Å². The number of pyridine rings is 1. The fourth-order valence-corrected chi connectivity index (χ4v) is 3.68. The molecule has 0 aliphatic carbocycles. The van der Waals surface area contributed by atoms with Gasteiger partial charge in [-0.15, -0.1) is 0 Å². The normalized spacial score (nSPS) is 16.4. The Bertz CT molecular complexity index is 734. The van der Waals surface area contributed by atoms with Crippen LogP contribution in [0.5, 0.6) is 0 Å². The molecule has 0 radical (unpaired) electrons. The van der Waals surface area contributed by atoms with Crippen LogP contribution >= 0.6 is 0 Å². The minimum atomic E-state index is -0.0536. The summed E-state index contributed by atoms with van der Waals surface area (Å²) in [5.41, 5.74) is 2.76. The van der Waals surface area contributed by atoms with Crippen molar-refractivity contribution in [2.45, 2.75) is 58.5 Å². The molecule has 2 aromatic heterocycles. The van der Waals surface area contributed by atoms with Crippen LogP contribution in [0.1, 0.15) is 73.7 Å². The highest BCUT2D eigenvalue weighted by molar-refractivity contribution is 5.92. The van der Waals surface area contributed by atoms with E-state index in [4.69, 9.17) is 0 Å². The van der Waals surface area contributed by atoms with Crippen molar-refractivity contribution in [1.82, 2.24) is 25.0 Å². The number of carbonyl (C=O) groups excluding carboxylic acids is 1. The second-order valence-electron chi connectivity index (χ2n) is 7.53. The summed E-state index contributed by atoms with van der Waals surface area (Å²) in [6.07, 6.45) is 7.42. The quantitative estimate of drug-likeness (QED) is 0.813. The SMILES string of the molecule is CCn1nc(C(C)C)cc1C(=O)NCC(c1cccnc1)N1CCCCC1. The van der Waals surface area contributed by atoms with Crippen LogP contribution in [-0.2, 0) is 6.54 Å². The smallest absolute Gasteiger partial charge is 0.269 e. The number of aryl methyl sites for hydroxylation is 1. The van der Waals surface area contributed by atoms with Gasteiger partial charge in [-0.1, -0.05) is 26.3 Å². The Morgan fingerprint density at radius 1 is 1.26 bits per heavy atom. The lowest BCUT2D eigenvalue weighted by Gasteiger charge is -2.34. The van der Waals surface area contributed by atoms with Gasteiger partial charge in [-0.05, 0) is 56.5 Å². The topological polar surface area (TPSA) is 63.1 Å². The van der Waals surface area contributed by atoms with Gasteiger partial charge in [-0.3, -0.25) is 19.4 Å². The van der Waals surface area contributed by atoms with E-state index in [1.807, 2.05) is 25.3 Å². The largest absolute Gasteiger partial charge is 0.349 e. The Labute approximate surface area is 162 Å². The molecule has 1 unspecified atom stereocenters. The van der Waals surface area contributed by atoms with Gasteiger partial charge >= 0.3 is 0 Å². The Balaban J connectivity index is 1.74. The first-order valence-electron chi connectivity index (χ1n) is 10.1. The van der Waals surface area contributed by atoms with E-state index in [1.165, 1.54) is 19.3 Å². The number of aromatic nitrogens is 3. The van der Waals surface area contributed by atoms with E-state index in [9.17, 15) is 4.79 Å². The molecule has 6 nitrogen and oxygen atoms in total. The van der Waals surface area contributed by atoms with Crippen molar-refractivity contribution < 1.29 is 4.79 Å². The molecule has 27 heavy (non-hydrogen) atoms. The van der Waals surface area contributed by atoms with Crippen molar-refractivity contribution in [3.63, 3.8) is 0 Å². The third-order valence-electron chi connectivity index (χ3n) is 5.28. The first-order valence-corrected chi connectivity index (χ1v) is 10.1. The minimum absolute atomic E-state index is 0.0536. The number of likely N-dealkylation sites (tertiary alicyclic amines) is 1. The molecule has 6 heteroatoms. The predicted octanol–water partition coefficient (Wildman–Crippen LogP) is 3.38. The molecule has 3 heterocycles. The standard InChI is InChI=1S/C21H31N5O/c1-4-26-19(13-18(24-26)16(2)3)21(27)23-15-20(17-9-8-10-22-14-17)25-11-6-5-7-12-25/h8-10,13-14,16,20H,4-7,11-12,15H2,1-3H3,(H,23,27). The summed E-state index contributed by atoms with van der Waals surface area (Å²) in [4.78, 5) is 19.6.